The molecule has 0 aromatic heterocycles. The number of nitrogens with two attached hydrogens (primary N) is 3. The monoisotopic (exact) mass is 352 g/mol. The van der Waals surface area contributed by atoms with Crippen molar-refractivity contribution < 1.29 is 9.53 Å². The minimum absolute atomic E-state index is 0.0454. The van der Waals surface area contributed by atoms with Gasteiger partial charge in [-0.1, -0.05) is 0 Å². The molecule has 0 unspecified atom stereocenters. The van der Waals surface area contributed by atoms with Gasteiger partial charge in [-0.25, -0.2) is 4.79 Å². The molecule has 0 aliphatic heterocycles. The van der Waals surface area contributed by atoms with Crippen LogP contribution in [0.1, 0.15) is 59.3 Å². The van der Waals surface area contributed by atoms with E-state index in [4.69, 9.17) is 21.9 Å². The number of hydrogen-bond donors (Lipinski definition) is 4. The molecule has 0 heterocycles. The Balaban J connectivity index is 1.82. The minimum atomic E-state index is -0.485. The van der Waals surface area contributed by atoms with Crippen LogP contribution in [-0.4, -0.2) is 37.9 Å². The zero-order valence-corrected chi connectivity index (χ0v) is 16.1. The summed E-state index contributed by atoms with van der Waals surface area (Å²) < 4.78 is 5.43. The number of ether oxygens (including phenoxy) is 1. The summed E-state index contributed by atoms with van der Waals surface area (Å²) in [6.45, 7) is 8.34. The van der Waals surface area contributed by atoms with Crippen molar-refractivity contribution in [3.8, 4) is 0 Å². The Kier molecular flexibility index (Phi) is 4.41. The number of amides is 1. The zero-order valence-electron chi connectivity index (χ0n) is 16.1. The Hall–Kier alpha value is -0.850. The number of nitrogens with one attached hydrogen (secondary N) is 1. The van der Waals surface area contributed by atoms with Gasteiger partial charge in [0.1, 0.15) is 5.60 Å². The number of rotatable bonds is 5. The van der Waals surface area contributed by atoms with Crippen molar-refractivity contribution in [3.63, 3.8) is 0 Å². The van der Waals surface area contributed by atoms with Crippen LogP contribution in [-0.2, 0) is 4.74 Å². The van der Waals surface area contributed by atoms with Crippen LogP contribution in [0.25, 0.3) is 0 Å². The van der Waals surface area contributed by atoms with E-state index in [1.165, 1.54) is 0 Å². The van der Waals surface area contributed by atoms with Gasteiger partial charge in [-0.3, -0.25) is 0 Å². The van der Waals surface area contributed by atoms with Gasteiger partial charge in [0.05, 0.1) is 0 Å². The van der Waals surface area contributed by atoms with Crippen LogP contribution < -0.4 is 22.5 Å². The lowest BCUT2D eigenvalue weighted by atomic mass is 9.35. The van der Waals surface area contributed by atoms with E-state index in [9.17, 15) is 4.79 Å². The Labute approximate surface area is 151 Å². The van der Waals surface area contributed by atoms with Crippen LogP contribution in [0.5, 0.6) is 0 Å². The van der Waals surface area contributed by atoms with Crippen LogP contribution in [0.3, 0.4) is 0 Å². The first-order valence-corrected chi connectivity index (χ1v) is 9.60. The van der Waals surface area contributed by atoms with Crippen LogP contribution in [0.2, 0.25) is 0 Å². The van der Waals surface area contributed by atoms with Gasteiger partial charge in [-0.05, 0) is 101 Å². The summed E-state index contributed by atoms with van der Waals surface area (Å²) in [5.41, 5.74) is 18.7. The molecule has 25 heavy (non-hydrogen) atoms. The van der Waals surface area contributed by atoms with Crippen LogP contribution in [0.4, 0.5) is 4.79 Å². The van der Waals surface area contributed by atoms with Crippen molar-refractivity contribution in [3.05, 3.63) is 0 Å². The van der Waals surface area contributed by atoms with Crippen molar-refractivity contribution in [2.75, 3.05) is 26.2 Å². The van der Waals surface area contributed by atoms with E-state index in [-0.39, 0.29) is 27.8 Å². The summed E-state index contributed by atoms with van der Waals surface area (Å²) in [6, 6.07) is 0. The fourth-order valence-corrected chi connectivity index (χ4v) is 6.93. The van der Waals surface area contributed by atoms with Crippen molar-refractivity contribution in [2.45, 2.75) is 64.9 Å². The standard InChI is InChI=1S/C19H36N4O2/c1-15(2,3)25-14(24)23-13-19-7-16(10-20)4-17(8-19,11-21)6-18(5-16,9-19)12-22/h4-13,20-22H2,1-3H3,(H,23,24). The van der Waals surface area contributed by atoms with E-state index in [1.807, 2.05) is 20.8 Å². The molecule has 0 atom stereocenters. The third-order valence-electron chi connectivity index (χ3n) is 6.81. The molecule has 0 radical (unpaired) electrons. The van der Waals surface area contributed by atoms with E-state index in [0.29, 0.717) is 26.2 Å². The highest BCUT2D eigenvalue weighted by Crippen LogP contribution is 2.72. The summed E-state index contributed by atoms with van der Waals surface area (Å²) in [6.07, 6.45) is 6.20. The fourth-order valence-electron chi connectivity index (χ4n) is 6.93. The zero-order chi connectivity index (χ0) is 18.6. The fraction of sp³-hybridized carbons (Fsp3) is 0.947. The molecule has 4 fully saturated rings. The topological polar surface area (TPSA) is 116 Å². The molecule has 0 aromatic rings. The second kappa shape index (κ2) is 5.83. The molecule has 6 nitrogen and oxygen atoms in total. The second-order valence-electron chi connectivity index (χ2n) is 10.5. The highest BCUT2D eigenvalue weighted by atomic mass is 16.6. The van der Waals surface area contributed by atoms with Crippen LogP contribution in [0, 0.1) is 21.7 Å². The lowest BCUT2D eigenvalue weighted by Crippen LogP contribution is -2.67. The molecule has 4 bridgehead atoms. The molecule has 4 saturated carbocycles. The molecule has 6 heteroatoms. The molecular weight excluding hydrogens is 316 g/mol. The van der Waals surface area contributed by atoms with Gasteiger partial charge in [0, 0.05) is 6.54 Å². The summed E-state index contributed by atoms with van der Waals surface area (Å²) in [5, 5.41) is 3.04. The first-order chi connectivity index (χ1) is 11.5. The summed E-state index contributed by atoms with van der Waals surface area (Å²) in [7, 11) is 0. The van der Waals surface area contributed by atoms with E-state index < -0.39 is 5.60 Å². The summed E-state index contributed by atoms with van der Waals surface area (Å²) in [5.74, 6) is 0. The normalized spacial score (nSPS) is 42.5. The predicted octanol–water partition coefficient (Wildman–Crippen LogP) is 1.71. The van der Waals surface area contributed by atoms with E-state index >= 15 is 0 Å². The van der Waals surface area contributed by atoms with Crippen LogP contribution in [0.15, 0.2) is 0 Å². The van der Waals surface area contributed by atoms with Crippen molar-refractivity contribution in [1.82, 2.24) is 5.32 Å². The smallest absolute Gasteiger partial charge is 0.407 e. The lowest BCUT2D eigenvalue weighted by Gasteiger charge is -2.70. The number of alkyl carbamates (subject to hydrolysis) is 1. The summed E-state index contributed by atoms with van der Waals surface area (Å²) in [4.78, 5) is 12.2. The van der Waals surface area contributed by atoms with Gasteiger partial charge in [0.2, 0.25) is 0 Å². The molecule has 7 N–H and O–H groups in total. The molecule has 4 aliphatic carbocycles. The van der Waals surface area contributed by atoms with Gasteiger partial charge in [-0.2, -0.15) is 0 Å². The Bertz CT molecular complexity index is 484. The van der Waals surface area contributed by atoms with Gasteiger partial charge in [0.25, 0.3) is 0 Å². The number of carbonyl (C=O) groups is 1. The largest absolute Gasteiger partial charge is 0.444 e. The molecular formula is C19H36N4O2. The Morgan fingerprint density at radius 1 is 0.840 bits per heavy atom. The quantitative estimate of drug-likeness (QED) is 0.601. The summed E-state index contributed by atoms with van der Waals surface area (Å²) >= 11 is 0. The van der Waals surface area contributed by atoms with Crippen molar-refractivity contribution >= 4 is 6.09 Å². The molecule has 4 aliphatic rings. The maximum absolute atomic E-state index is 12.2. The molecule has 4 rings (SSSR count). The average molecular weight is 353 g/mol. The van der Waals surface area contributed by atoms with E-state index in [1.54, 1.807) is 0 Å². The van der Waals surface area contributed by atoms with Crippen molar-refractivity contribution in [1.29, 1.82) is 0 Å². The Morgan fingerprint density at radius 3 is 1.52 bits per heavy atom. The highest BCUT2D eigenvalue weighted by Gasteiger charge is 2.66. The SMILES string of the molecule is CC(C)(C)OC(=O)NCC12CC3(CN)CC(CN)(CC(CN)(C3)C1)C2. The molecule has 0 spiro atoms. The van der Waals surface area contributed by atoms with Crippen LogP contribution >= 0.6 is 0 Å². The molecule has 0 saturated heterocycles. The van der Waals surface area contributed by atoms with Crippen molar-refractivity contribution in [2.24, 2.45) is 38.9 Å². The van der Waals surface area contributed by atoms with Gasteiger partial charge in [-0.15, -0.1) is 0 Å². The van der Waals surface area contributed by atoms with Gasteiger partial charge >= 0.3 is 6.09 Å². The first-order valence-electron chi connectivity index (χ1n) is 9.60. The molecule has 0 aromatic carbocycles. The predicted molar refractivity (Wildman–Crippen MR) is 98.8 cm³/mol. The third kappa shape index (κ3) is 3.40. The third-order valence-corrected chi connectivity index (χ3v) is 6.81. The maximum atomic E-state index is 12.2. The molecule has 144 valence electrons. The van der Waals surface area contributed by atoms with E-state index in [2.05, 4.69) is 5.32 Å². The molecule has 1 amide bonds. The first kappa shape index (κ1) is 18.9. The second-order valence-corrected chi connectivity index (χ2v) is 10.5. The minimum Gasteiger partial charge on any atom is -0.444 e. The lowest BCUT2D eigenvalue weighted by molar-refractivity contribution is -0.190. The maximum Gasteiger partial charge on any atom is 0.407 e. The van der Waals surface area contributed by atoms with Gasteiger partial charge in [0.15, 0.2) is 0 Å². The average Bonchev–Trinajstić information content (AvgIpc) is 2.50. The van der Waals surface area contributed by atoms with E-state index in [0.717, 1.165) is 38.5 Å². The van der Waals surface area contributed by atoms with Gasteiger partial charge < -0.3 is 27.3 Å². The highest BCUT2D eigenvalue weighted by molar-refractivity contribution is 5.67. The number of hydrogen-bond acceptors (Lipinski definition) is 5. The number of carbonyl (C=O) groups excluding carboxylic acids is 1. The Morgan fingerprint density at radius 2 is 1.20 bits per heavy atom.